The van der Waals surface area contributed by atoms with Crippen molar-refractivity contribution in [1.82, 2.24) is 9.80 Å². The minimum absolute atomic E-state index is 0.360. The second-order valence-electron chi connectivity index (χ2n) is 5.30. The van der Waals surface area contributed by atoms with E-state index in [0.717, 1.165) is 39.4 Å². The van der Waals surface area contributed by atoms with E-state index in [1.807, 2.05) is 0 Å². The highest BCUT2D eigenvalue weighted by Crippen LogP contribution is 2.26. The Bertz CT molecular complexity index is 221. The van der Waals surface area contributed by atoms with Gasteiger partial charge in [-0.15, -0.1) is 11.6 Å². The van der Waals surface area contributed by atoms with E-state index in [0.29, 0.717) is 11.4 Å². The van der Waals surface area contributed by atoms with Crippen molar-refractivity contribution in [1.29, 1.82) is 0 Å². The topological polar surface area (TPSA) is 15.7 Å². The number of likely N-dealkylation sites (N-methyl/N-ethyl adjacent to an activating group) is 1. The molecule has 1 heterocycles. The number of rotatable bonds is 4. The zero-order valence-corrected chi connectivity index (χ0v) is 11.7. The Morgan fingerprint density at radius 3 is 2.65 bits per heavy atom. The maximum absolute atomic E-state index is 6.42. The summed E-state index contributed by atoms with van der Waals surface area (Å²) >= 11 is 6.42. The zero-order valence-electron chi connectivity index (χ0n) is 10.9. The maximum atomic E-state index is 6.42. The Morgan fingerprint density at radius 2 is 1.94 bits per heavy atom. The lowest BCUT2D eigenvalue weighted by Crippen LogP contribution is -2.46. The molecular formula is C13H25ClN2O. The molecule has 2 aliphatic rings. The fourth-order valence-corrected chi connectivity index (χ4v) is 3.32. The van der Waals surface area contributed by atoms with Gasteiger partial charge in [-0.2, -0.15) is 0 Å². The van der Waals surface area contributed by atoms with Crippen LogP contribution in [0.25, 0.3) is 0 Å². The molecule has 2 rings (SSSR count). The molecule has 0 aromatic carbocycles. The number of hydrogen-bond donors (Lipinski definition) is 0. The van der Waals surface area contributed by atoms with Crippen molar-refractivity contribution in [3.8, 4) is 0 Å². The summed E-state index contributed by atoms with van der Waals surface area (Å²) in [4.78, 5) is 4.96. The first-order chi connectivity index (χ1) is 8.27. The first-order valence-corrected chi connectivity index (χ1v) is 7.35. The second kappa shape index (κ2) is 6.93. The predicted molar refractivity (Wildman–Crippen MR) is 71.8 cm³/mol. The van der Waals surface area contributed by atoms with Crippen molar-refractivity contribution in [2.75, 3.05) is 46.4 Å². The highest BCUT2D eigenvalue weighted by Gasteiger charge is 2.26. The van der Waals surface area contributed by atoms with Crippen LogP contribution in [0.4, 0.5) is 0 Å². The van der Waals surface area contributed by atoms with Crippen molar-refractivity contribution in [2.24, 2.45) is 0 Å². The summed E-state index contributed by atoms with van der Waals surface area (Å²) in [6, 6.07) is 0.589. The Morgan fingerprint density at radius 1 is 1.24 bits per heavy atom. The molecule has 0 spiro atoms. The monoisotopic (exact) mass is 260 g/mol. The molecule has 17 heavy (non-hydrogen) atoms. The van der Waals surface area contributed by atoms with Crippen LogP contribution in [0.1, 0.15) is 25.7 Å². The molecule has 0 aromatic rings. The third kappa shape index (κ3) is 4.09. The minimum Gasteiger partial charge on any atom is -0.379 e. The molecule has 4 heteroatoms. The van der Waals surface area contributed by atoms with Crippen LogP contribution in [0.15, 0.2) is 0 Å². The molecule has 1 saturated carbocycles. The Hall–Kier alpha value is 0.170. The summed E-state index contributed by atoms with van der Waals surface area (Å²) in [5, 5.41) is 0.360. The molecule has 1 aliphatic carbocycles. The van der Waals surface area contributed by atoms with Crippen LogP contribution < -0.4 is 0 Å². The molecule has 2 fully saturated rings. The van der Waals surface area contributed by atoms with Crippen LogP contribution in [-0.4, -0.2) is 67.7 Å². The highest BCUT2D eigenvalue weighted by molar-refractivity contribution is 6.21. The average molecular weight is 261 g/mol. The first-order valence-electron chi connectivity index (χ1n) is 6.92. The van der Waals surface area contributed by atoms with Crippen LogP contribution in [0.5, 0.6) is 0 Å². The molecule has 2 unspecified atom stereocenters. The highest BCUT2D eigenvalue weighted by atomic mass is 35.5. The molecule has 1 saturated heterocycles. The first kappa shape index (κ1) is 13.6. The van der Waals surface area contributed by atoms with Gasteiger partial charge >= 0.3 is 0 Å². The third-order valence-corrected chi connectivity index (χ3v) is 4.60. The third-order valence-electron chi connectivity index (χ3n) is 4.09. The van der Waals surface area contributed by atoms with Gasteiger partial charge < -0.3 is 9.64 Å². The van der Waals surface area contributed by atoms with Gasteiger partial charge in [0.15, 0.2) is 0 Å². The van der Waals surface area contributed by atoms with Gasteiger partial charge in [-0.1, -0.05) is 12.8 Å². The second-order valence-corrected chi connectivity index (χ2v) is 5.86. The lowest BCUT2D eigenvalue weighted by Gasteiger charge is -2.36. The fourth-order valence-electron chi connectivity index (χ4n) is 2.85. The van der Waals surface area contributed by atoms with Gasteiger partial charge in [-0.25, -0.2) is 0 Å². The Labute approximate surface area is 110 Å². The van der Waals surface area contributed by atoms with Crippen LogP contribution >= 0.6 is 11.6 Å². The van der Waals surface area contributed by atoms with Crippen molar-refractivity contribution < 1.29 is 4.74 Å². The van der Waals surface area contributed by atoms with Crippen molar-refractivity contribution in [2.45, 2.75) is 37.1 Å². The van der Waals surface area contributed by atoms with Crippen LogP contribution in [0.2, 0.25) is 0 Å². The maximum Gasteiger partial charge on any atom is 0.0594 e. The van der Waals surface area contributed by atoms with Crippen molar-refractivity contribution in [3.05, 3.63) is 0 Å². The molecule has 0 aromatic heterocycles. The summed E-state index contributed by atoms with van der Waals surface area (Å²) in [6.07, 6.45) is 5.11. The van der Waals surface area contributed by atoms with Crippen LogP contribution in [0.3, 0.4) is 0 Å². The normalized spacial score (nSPS) is 31.9. The molecule has 100 valence electrons. The lowest BCUT2D eigenvalue weighted by molar-refractivity contribution is 0.0317. The summed E-state index contributed by atoms with van der Waals surface area (Å²) in [5.41, 5.74) is 0. The SMILES string of the molecule is CN(CCN1CCOCC1)C1CCCCC1Cl. The Kier molecular flexibility index (Phi) is 5.54. The summed E-state index contributed by atoms with van der Waals surface area (Å²) < 4.78 is 5.36. The average Bonchev–Trinajstić information content (AvgIpc) is 2.38. The number of hydrogen-bond acceptors (Lipinski definition) is 3. The lowest BCUT2D eigenvalue weighted by atomic mass is 9.94. The van der Waals surface area contributed by atoms with E-state index in [2.05, 4.69) is 16.8 Å². The van der Waals surface area contributed by atoms with E-state index in [4.69, 9.17) is 16.3 Å². The zero-order chi connectivity index (χ0) is 12.1. The van der Waals surface area contributed by atoms with Gasteiger partial charge in [-0.3, -0.25) is 4.90 Å². The molecule has 2 atom stereocenters. The van der Waals surface area contributed by atoms with Gasteiger partial charge in [0.05, 0.1) is 13.2 Å². The predicted octanol–water partition coefficient (Wildman–Crippen LogP) is 1.80. The summed E-state index contributed by atoms with van der Waals surface area (Å²) in [7, 11) is 2.23. The number of alkyl halides is 1. The standard InChI is InChI=1S/C13H25ClN2O/c1-15(13-5-3-2-4-12(13)14)6-7-16-8-10-17-11-9-16/h12-13H,2-11H2,1H3. The van der Waals surface area contributed by atoms with E-state index >= 15 is 0 Å². The van der Waals surface area contributed by atoms with Gasteiger partial charge in [0.2, 0.25) is 0 Å². The number of halogens is 1. The molecule has 1 aliphatic heterocycles. The van der Waals surface area contributed by atoms with E-state index in [1.54, 1.807) is 0 Å². The van der Waals surface area contributed by atoms with Crippen LogP contribution in [-0.2, 0) is 4.74 Å². The molecule has 0 bridgehead atoms. The molecule has 0 amide bonds. The summed E-state index contributed by atoms with van der Waals surface area (Å²) in [6.45, 7) is 6.25. The minimum atomic E-state index is 0.360. The van der Waals surface area contributed by atoms with E-state index in [1.165, 1.54) is 25.7 Å². The molecular weight excluding hydrogens is 236 g/mol. The van der Waals surface area contributed by atoms with E-state index in [-0.39, 0.29) is 0 Å². The van der Waals surface area contributed by atoms with E-state index in [9.17, 15) is 0 Å². The number of ether oxygens (including phenoxy) is 1. The molecule has 0 radical (unpaired) electrons. The number of nitrogens with zero attached hydrogens (tertiary/aromatic N) is 2. The fraction of sp³-hybridized carbons (Fsp3) is 1.00. The smallest absolute Gasteiger partial charge is 0.0594 e. The van der Waals surface area contributed by atoms with Gasteiger partial charge in [0, 0.05) is 37.6 Å². The Balaban J connectivity index is 1.70. The summed E-state index contributed by atoms with van der Waals surface area (Å²) in [5.74, 6) is 0. The largest absolute Gasteiger partial charge is 0.379 e. The quantitative estimate of drug-likeness (QED) is 0.717. The van der Waals surface area contributed by atoms with Crippen LogP contribution in [0, 0.1) is 0 Å². The van der Waals surface area contributed by atoms with Gasteiger partial charge in [0.25, 0.3) is 0 Å². The van der Waals surface area contributed by atoms with E-state index < -0.39 is 0 Å². The molecule has 3 nitrogen and oxygen atoms in total. The van der Waals surface area contributed by atoms with Crippen molar-refractivity contribution in [3.63, 3.8) is 0 Å². The van der Waals surface area contributed by atoms with Gasteiger partial charge in [0.1, 0.15) is 0 Å². The molecule has 0 N–H and O–H groups in total. The van der Waals surface area contributed by atoms with Crippen molar-refractivity contribution >= 4 is 11.6 Å². The van der Waals surface area contributed by atoms with Gasteiger partial charge in [-0.05, 0) is 19.9 Å². The number of morpholine rings is 1.